The Morgan fingerprint density at radius 1 is 0.667 bits per heavy atom. The lowest BCUT2D eigenvalue weighted by Gasteiger charge is -2.09. The van der Waals surface area contributed by atoms with E-state index in [4.69, 9.17) is 23.7 Å². The maximum absolute atomic E-state index is 12.1. The number of Topliss-reactive ketones (excluding diaryl/α,β-unsaturated/α-hetero) is 1. The molecule has 0 aliphatic rings. The van der Waals surface area contributed by atoms with Crippen molar-refractivity contribution in [2.24, 2.45) is 0 Å². The lowest BCUT2D eigenvalue weighted by molar-refractivity contribution is -0.139. The normalized spacial score (nSPS) is 10.6. The number of carbonyl (C=O) groups is 3. The number of esters is 2. The van der Waals surface area contributed by atoms with E-state index < -0.39 is 11.8 Å². The van der Waals surface area contributed by atoms with E-state index >= 15 is 0 Å². The SMILES string of the molecule is CCCCNc1ccc(C(=O)OCCOCCOCCOCCOC(=O)C(=O)c2ccccc2)cc1. The Bertz CT molecular complexity index is 902. The van der Waals surface area contributed by atoms with Gasteiger partial charge in [-0.2, -0.15) is 0 Å². The molecule has 0 aliphatic heterocycles. The molecule has 0 aliphatic carbocycles. The molecule has 9 nitrogen and oxygen atoms in total. The molecule has 9 heteroatoms. The van der Waals surface area contributed by atoms with E-state index in [2.05, 4.69) is 12.2 Å². The molecule has 0 saturated carbocycles. The van der Waals surface area contributed by atoms with E-state index in [1.165, 1.54) is 0 Å². The van der Waals surface area contributed by atoms with Gasteiger partial charge in [-0.3, -0.25) is 4.79 Å². The Hall–Kier alpha value is -3.27. The number of rotatable bonds is 19. The number of anilines is 1. The summed E-state index contributed by atoms with van der Waals surface area (Å²) in [5.74, 6) is -1.97. The van der Waals surface area contributed by atoms with Crippen LogP contribution < -0.4 is 5.32 Å². The predicted octanol–water partition coefficient (Wildman–Crippen LogP) is 3.53. The van der Waals surface area contributed by atoms with E-state index in [0.29, 0.717) is 32.0 Å². The fourth-order valence-electron chi connectivity index (χ4n) is 2.92. The van der Waals surface area contributed by atoms with Gasteiger partial charge in [-0.05, 0) is 30.7 Å². The van der Waals surface area contributed by atoms with E-state index in [0.717, 1.165) is 25.1 Å². The van der Waals surface area contributed by atoms with Gasteiger partial charge in [-0.25, -0.2) is 9.59 Å². The van der Waals surface area contributed by atoms with Gasteiger partial charge in [0.2, 0.25) is 0 Å². The summed E-state index contributed by atoms with van der Waals surface area (Å²) in [5, 5.41) is 3.30. The summed E-state index contributed by atoms with van der Waals surface area (Å²) < 4.78 is 26.2. The second-order valence-corrected chi connectivity index (χ2v) is 7.66. The number of hydrogen-bond acceptors (Lipinski definition) is 9. The zero-order valence-electron chi connectivity index (χ0n) is 20.7. The molecule has 196 valence electrons. The van der Waals surface area contributed by atoms with Gasteiger partial charge in [0.25, 0.3) is 5.78 Å². The third-order valence-corrected chi connectivity index (χ3v) is 4.87. The van der Waals surface area contributed by atoms with E-state index in [-0.39, 0.29) is 38.0 Å². The quantitative estimate of drug-likeness (QED) is 0.134. The van der Waals surface area contributed by atoms with Crippen LogP contribution in [0.2, 0.25) is 0 Å². The Morgan fingerprint density at radius 2 is 1.22 bits per heavy atom. The Balaban J connectivity index is 1.39. The Labute approximate surface area is 212 Å². The Kier molecular flexibility index (Phi) is 14.5. The van der Waals surface area contributed by atoms with Crippen LogP contribution in [-0.2, 0) is 28.5 Å². The third kappa shape index (κ3) is 11.9. The van der Waals surface area contributed by atoms with Crippen molar-refractivity contribution < 1.29 is 38.1 Å². The topological polar surface area (TPSA) is 109 Å². The van der Waals surface area contributed by atoms with E-state index in [1.54, 1.807) is 42.5 Å². The smallest absolute Gasteiger partial charge is 0.379 e. The Morgan fingerprint density at radius 3 is 1.81 bits per heavy atom. The first kappa shape index (κ1) is 29.0. The van der Waals surface area contributed by atoms with Crippen LogP contribution in [0.5, 0.6) is 0 Å². The monoisotopic (exact) mass is 501 g/mol. The van der Waals surface area contributed by atoms with Crippen LogP contribution in [-0.4, -0.2) is 77.1 Å². The summed E-state index contributed by atoms with van der Waals surface area (Å²) in [6, 6.07) is 15.4. The average molecular weight is 502 g/mol. The lowest BCUT2D eigenvalue weighted by atomic mass is 10.1. The van der Waals surface area contributed by atoms with Crippen molar-refractivity contribution in [1.82, 2.24) is 0 Å². The summed E-state index contributed by atoms with van der Waals surface area (Å²) in [6.45, 7) is 5.00. The zero-order chi connectivity index (χ0) is 25.8. The van der Waals surface area contributed by atoms with Crippen LogP contribution >= 0.6 is 0 Å². The first-order valence-corrected chi connectivity index (χ1v) is 12.1. The molecule has 0 saturated heterocycles. The molecule has 0 unspecified atom stereocenters. The van der Waals surface area contributed by atoms with Gasteiger partial charge in [0.05, 0.1) is 45.2 Å². The number of ketones is 1. The molecule has 2 aromatic carbocycles. The van der Waals surface area contributed by atoms with Gasteiger partial charge < -0.3 is 29.0 Å². The van der Waals surface area contributed by atoms with E-state index in [9.17, 15) is 14.4 Å². The molecular formula is C27H35NO8. The summed E-state index contributed by atoms with van der Waals surface area (Å²) in [6.07, 6.45) is 2.22. The molecule has 0 amide bonds. The maximum Gasteiger partial charge on any atom is 0.379 e. The number of carbonyl (C=O) groups excluding carboxylic acids is 3. The van der Waals surface area contributed by atoms with Crippen LogP contribution in [0.25, 0.3) is 0 Å². The van der Waals surface area contributed by atoms with E-state index in [1.807, 2.05) is 12.1 Å². The molecule has 2 aromatic rings. The number of ether oxygens (including phenoxy) is 5. The maximum atomic E-state index is 12.1. The minimum Gasteiger partial charge on any atom is -0.460 e. The summed E-state index contributed by atoms with van der Waals surface area (Å²) >= 11 is 0. The highest BCUT2D eigenvalue weighted by atomic mass is 16.6. The van der Waals surface area contributed by atoms with Crippen LogP contribution in [0.15, 0.2) is 54.6 Å². The second kappa shape index (κ2) is 18.1. The van der Waals surface area contributed by atoms with Crippen molar-refractivity contribution in [2.45, 2.75) is 19.8 Å². The standard InChI is InChI=1S/C27H35NO8/c1-2-3-13-28-24-11-9-23(10-12-24)26(30)35-20-18-33-16-14-32-15-17-34-19-21-36-27(31)25(29)22-7-5-4-6-8-22/h4-12,28H,2-3,13-21H2,1H3. The minimum absolute atomic E-state index is 0.0147. The molecule has 0 atom stereocenters. The predicted molar refractivity (Wildman–Crippen MR) is 134 cm³/mol. The molecule has 0 spiro atoms. The van der Waals surface area contributed by atoms with Crippen LogP contribution in [0.4, 0.5) is 5.69 Å². The summed E-state index contributed by atoms with van der Waals surface area (Å²) in [7, 11) is 0. The van der Waals surface area contributed by atoms with Gasteiger partial charge in [0.1, 0.15) is 13.2 Å². The highest BCUT2D eigenvalue weighted by Gasteiger charge is 2.17. The highest BCUT2D eigenvalue weighted by molar-refractivity contribution is 6.40. The fourth-order valence-corrected chi connectivity index (χ4v) is 2.92. The van der Waals surface area contributed by atoms with Gasteiger partial charge in [0.15, 0.2) is 0 Å². The van der Waals surface area contributed by atoms with Crippen molar-refractivity contribution in [3.8, 4) is 0 Å². The zero-order valence-corrected chi connectivity index (χ0v) is 20.7. The first-order chi connectivity index (χ1) is 17.6. The van der Waals surface area contributed by atoms with Crippen LogP contribution in [0.1, 0.15) is 40.5 Å². The van der Waals surface area contributed by atoms with Crippen molar-refractivity contribution in [1.29, 1.82) is 0 Å². The fraction of sp³-hybridized carbons (Fsp3) is 0.444. The minimum atomic E-state index is -0.906. The molecule has 0 heterocycles. The third-order valence-electron chi connectivity index (χ3n) is 4.87. The second-order valence-electron chi connectivity index (χ2n) is 7.66. The van der Waals surface area contributed by atoms with Gasteiger partial charge in [0, 0.05) is 17.8 Å². The number of unbranched alkanes of at least 4 members (excludes halogenated alkanes) is 1. The van der Waals surface area contributed by atoms with Gasteiger partial charge in [-0.1, -0.05) is 43.7 Å². The molecule has 0 bridgehead atoms. The molecule has 0 fully saturated rings. The lowest BCUT2D eigenvalue weighted by Crippen LogP contribution is -2.20. The molecule has 1 N–H and O–H groups in total. The molecule has 2 rings (SSSR count). The van der Waals surface area contributed by atoms with Crippen molar-refractivity contribution in [2.75, 3.05) is 64.7 Å². The highest BCUT2D eigenvalue weighted by Crippen LogP contribution is 2.11. The summed E-state index contributed by atoms with van der Waals surface area (Å²) in [5.41, 5.74) is 1.77. The largest absolute Gasteiger partial charge is 0.460 e. The van der Waals surface area contributed by atoms with Crippen LogP contribution in [0, 0.1) is 0 Å². The average Bonchev–Trinajstić information content (AvgIpc) is 2.91. The number of hydrogen-bond donors (Lipinski definition) is 1. The molecule has 0 aromatic heterocycles. The van der Waals surface area contributed by atoms with Crippen molar-refractivity contribution >= 4 is 23.4 Å². The first-order valence-electron chi connectivity index (χ1n) is 12.1. The summed E-state index contributed by atoms with van der Waals surface area (Å²) in [4.78, 5) is 35.6. The van der Waals surface area contributed by atoms with Gasteiger partial charge >= 0.3 is 11.9 Å². The molecular weight excluding hydrogens is 466 g/mol. The van der Waals surface area contributed by atoms with Crippen molar-refractivity contribution in [3.05, 3.63) is 65.7 Å². The van der Waals surface area contributed by atoms with Crippen molar-refractivity contribution in [3.63, 3.8) is 0 Å². The number of benzene rings is 2. The molecule has 36 heavy (non-hydrogen) atoms. The van der Waals surface area contributed by atoms with Crippen LogP contribution in [0.3, 0.4) is 0 Å². The molecule has 0 radical (unpaired) electrons. The van der Waals surface area contributed by atoms with Gasteiger partial charge in [-0.15, -0.1) is 0 Å². The number of nitrogens with one attached hydrogen (secondary N) is 1.